The third-order valence-corrected chi connectivity index (χ3v) is 5.60. The second kappa shape index (κ2) is 8.00. The van der Waals surface area contributed by atoms with Crippen LogP contribution in [0.25, 0.3) is 6.08 Å². The molecule has 1 aromatic carbocycles. The lowest BCUT2D eigenvalue weighted by Crippen LogP contribution is -2.54. The number of benzene rings is 1. The summed E-state index contributed by atoms with van der Waals surface area (Å²) >= 11 is 1.45. The first-order valence-electron chi connectivity index (χ1n) is 9.04. The molecule has 0 N–H and O–H groups in total. The summed E-state index contributed by atoms with van der Waals surface area (Å²) in [6, 6.07) is 13.1. The number of carbonyl (C=O) groups is 2. The summed E-state index contributed by atoms with van der Waals surface area (Å²) in [5.74, 6) is 0.806. The number of thioether (sulfide) groups is 1. The van der Waals surface area contributed by atoms with Gasteiger partial charge in [-0.15, -0.1) is 11.8 Å². The van der Waals surface area contributed by atoms with E-state index in [1.165, 1.54) is 29.6 Å². The van der Waals surface area contributed by atoms with E-state index in [1.54, 1.807) is 19.2 Å². The van der Waals surface area contributed by atoms with Gasteiger partial charge in [0.2, 0.25) is 0 Å². The number of furan rings is 1. The van der Waals surface area contributed by atoms with Crippen LogP contribution in [-0.4, -0.2) is 58.0 Å². The third-order valence-electron chi connectivity index (χ3n) is 4.62. The molecule has 0 radical (unpaired) electrons. The molecule has 0 bridgehead atoms. The summed E-state index contributed by atoms with van der Waals surface area (Å²) in [6.07, 6.45) is 5.58. The molecule has 7 nitrogen and oxygen atoms in total. The Morgan fingerprint density at radius 2 is 1.97 bits per heavy atom. The minimum Gasteiger partial charge on any atom is -0.459 e. The minimum atomic E-state index is -0.698. The number of nitrogens with zero attached hydrogens (tertiary/aromatic N) is 4. The summed E-state index contributed by atoms with van der Waals surface area (Å²) < 4.78 is 6.81. The van der Waals surface area contributed by atoms with Gasteiger partial charge >= 0.3 is 11.9 Å². The van der Waals surface area contributed by atoms with Gasteiger partial charge in [-0.2, -0.15) is 9.48 Å². The Labute approximate surface area is 172 Å². The van der Waals surface area contributed by atoms with E-state index in [2.05, 4.69) is 9.98 Å². The molecule has 0 saturated carbocycles. The van der Waals surface area contributed by atoms with E-state index in [4.69, 9.17) is 4.42 Å². The van der Waals surface area contributed by atoms with E-state index in [9.17, 15) is 9.59 Å². The van der Waals surface area contributed by atoms with Crippen molar-refractivity contribution < 1.29 is 18.6 Å². The van der Waals surface area contributed by atoms with Crippen LogP contribution in [0.3, 0.4) is 0 Å². The van der Waals surface area contributed by atoms with Crippen molar-refractivity contribution >= 4 is 46.5 Å². The van der Waals surface area contributed by atoms with Gasteiger partial charge in [-0.1, -0.05) is 47.5 Å². The first-order chi connectivity index (χ1) is 14.1. The maximum absolute atomic E-state index is 12.8. The Hall–Kier alpha value is -3.26. The van der Waals surface area contributed by atoms with Gasteiger partial charge in [0.15, 0.2) is 11.7 Å². The zero-order valence-corrected chi connectivity index (χ0v) is 16.8. The molecule has 8 heteroatoms. The first-order valence-corrected chi connectivity index (χ1v) is 10.0. The lowest BCUT2D eigenvalue weighted by atomic mass is 10.0. The highest BCUT2D eigenvalue weighted by Crippen LogP contribution is 2.26. The molecule has 0 saturated heterocycles. The van der Waals surface area contributed by atoms with Gasteiger partial charge in [0.1, 0.15) is 5.04 Å². The third kappa shape index (κ3) is 3.71. The molecule has 4 rings (SSSR count). The average Bonchev–Trinajstić information content (AvgIpc) is 3.29. The van der Waals surface area contributed by atoms with Gasteiger partial charge in [-0.3, -0.25) is 4.79 Å². The van der Waals surface area contributed by atoms with Crippen molar-refractivity contribution in [3.05, 3.63) is 66.1 Å². The number of urea groups is 1. The molecule has 2 aliphatic heterocycles. The lowest BCUT2D eigenvalue weighted by Gasteiger charge is -2.26. The molecule has 29 heavy (non-hydrogen) atoms. The lowest BCUT2D eigenvalue weighted by molar-refractivity contribution is -0.407. The van der Waals surface area contributed by atoms with Crippen LogP contribution in [-0.2, 0) is 4.79 Å². The number of fused-ring (bicyclic) bond motifs is 1. The monoisotopic (exact) mass is 407 g/mol. The predicted octanol–water partition coefficient (Wildman–Crippen LogP) is 3.13. The summed E-state index contributed by atoms with van der Waals surface area (Å²) in [7, 11) is 3.08. The maximum atomic E-state index is 12.8. The van der Waals surface area contributed by atoms with Crippen molar-refractivity contribution in [2.75, 3.05) is 19.8 Å². The highest BCUT2D eigenvalue weighted by molar-refractivity contribution is 8.14. The summed E-state index contributed by atoms with van der Waals surface area (Å²) in [5, 5.41) is 0.593. The van der Waals surface area contributed by atoms with E-state index >= 15 is 0 Å². The van der Waals surface area contributed by atoms with Crippen LogP contribution >= 0.6 is 11.8 Å². The van der Waals surface area contributed by atoms with Crippen LogP contribution in [0.15, 0.2) is 69.2 Å². The van der Waals surface area contributed by atoms with E-state index in [0.717, 1.165) is 10.5 Å². The van der Waals surface area contributed by atoms with Crippen LogP contribution in [0, 0.1) is 5.92 Å². The molecule has 3 heterocycles. The molecule has 2 aromatic rings. The highest BCUT2D eigenvalue weighted by Gasteiger charge is 2.49. The van der Waals surface area contributed by atoms with Gasteiger partial charge in [-0.25, -0.2) is 9.79 Å². The Kier molecular flexibility index (Phi) is 5.26. The van der Waals surface area contributed by atoms with Gasteiger partial charge < -0.3 is 4.42 Å². The van der Waals surface area contributed by atoms with Gasteiger partial charge in [0, 0.05) is 5.75 Å². The van der Waals surface area contributed by atoms with E-state index in [1.807, 2.05) is 42.5 Å². The van der Waals surface area contributed by atoms with Crippen LogP contribution in [0.4, 0.5) is 4.79 Å². The fraction of sp³-hybridized carbons (Fsp3) is 0.190. The summed E-state index contributed by atoms with van der Waals surface area (Å²) in [6.45, 7) is 0. The van der Waals surface area contributed by atoms with Crippen molar-refractivity contribution in [2.45, 2.75) is 0 Å². The van der Waals surface area contributed by atoms with Crippen LogP contribution in [0.2, 0.25) is 0 Å². The number of hydrogen-bond donors (Lipinski definition) is 0. The molecule has 146 valence electrons. The van der Waals surface area contributed by atoms with Crippen LogP contribution in [0.5, 0.6) is 0 Å². The van der Waals surface area contributed by atoms with Crippen molar-refractivity contribution in [3.63, 3.8) is 0 Å². The van der Waals surface area contributed by atoms with E-state index in [-0.39, 0.29) is 5.91 Å². The standard InChI is InChI=1S/C21H19N4O3S/c1-24-18-16(20(26)25(2)21(24)27)19(23-17(22-18)15-11-6-12-28-15)29-13-7-10-14-8-4-3-5-9-14/h3-12,16H,13H2,1-2H3/q+1/b10-7+. The summed E-state index contributed by atoms with van der Waals surface area (Å²) in [4.78, 5) is 35.4. The fourth-order valence-electron chi connectivity index (χ4n) is 3.09. The predicted molar refractivity (Wildman–Crippen MR) is 113 cm³/mol. The molecule has 1 aromatic heterocycles. The Bertz CT molecular complexity index is 1070. The molecule has 2 aliphatic rings. The summed E-state index contributed by atoms with van der Waals surface area (Å²) in [5.41, 5.74) is 1.10. The Morgan fingerprint density at radius 3 is 2.69 bits per heavy atom. The average molecular weight is 407 g/mol. The van der Waals surface area contributed by atoms with E-state index < -0.39 is 11.9 Å². The smallest absolute Gasteiger partial charge is 0.445 e. The molecule has 3 amide bonds. The second-order valence-electron chi connectivity index (χ2n) is 6.52. The molecule has 0 fully saturated rings. The van der Waals surface area contributed by atoms with Gasteiger partial charge in [0.25, 0.3) is 11.7 Å². The Balaban J connectivity index is 1.65. The highest BCUT2D eigenvalue weighted by atomic mass is 32.2. The first kappa shape index (κ1) is 19.1. The van der Waals surface area contributed by atoms with Gasteiger partial charge in [-0.05, 0) is 17.7 Å². The zero-order chi connectivity index (χ0) is 20.4. The fourth-order valence-corrected chi connectivity index (χ4v) is 3.97. The number of imide groups is 1. The second-order valence-corrected chi connectivity index (χ2v) is 7.56. The normalized spacial score (nSPS) is 19.5. The molecule has 0 aliphatic carbocycles. The number of aliphatic imine (C=N–C) groups is 2. The number of rotatable bonds is 4. The van der Waals surface area contributed by atoms with Crippen LogP contribution < -0.4 is 0 Å². The molecular formula is C21H19N4O3S+. The van der Waals surface area contributed by atoms with Crippen LogP contribution in [0.1, 0.15) is 11.3 Å². The number of amidine groups is 2. The largest absolute Gasteiger partial charge is 0.459 e. The molecule has 0 spiro atoms. The number of carbonyl (C=O) groups excluding carboxylic acids is 2. The van der Waals surface area contributed by atoms with Crippen molar-refractivity contribution in [2.24, 2.45) is 15.9 Å². The van der Waals surface area contributed by atoms with Crippen molar-refractivity contribution in [1.29, 1.82) is 0 Å². The maximum Gasteiger partial charge on any atom is 0.445 e. The zero-order valence-electron chi connectivity index (χ0n) is 16.0. The topological polar surface area (TPSA) is 78.2 Å². The van der Waals surface area contributed by atoms with E-state index in [0.29, 0.717) is 28.2 Å². The Morgan fingerprint density at radius 1 is 1.17 bits per heavy atom. The minimum absolute atomic E-state index is 0.330. The van der Waals surface area contributed by atoms with Crippen molar-refractivity contribution in [1.82, 2.24) is 4.90 Å². The SMILES string of the molecule is CN1C(=O)C2C(SC/C=C/c3ccccc3)=NC(c3ccco3)=NC2=[N+](C)C1=O. The quantitative estimate of drug-likeness (QED) is 0.730. The molecule has 1 atom stereocenters. The molecule has 1 unspecified atom stereocenters. The number of hydrogen-bond acceptors (Lipinski definition) is 6. The van der Waals surface area contributed by atoms with Gasteiger partial charge in [0.05, 0.1) is 20.4 Å². The number of amides is 3. The molecular weight excluding hydrogens is 388 g/mol. The van der Waals surface area contributed by atoms with Crippen molar-refractivity contribution in [3.8, 4) is 0 Å².